The summed E-state index contributed by atoms with van der Waals surface area (Å²) >= 11 is 13.2. The third-order valence-electron chi connectivity index (χ3n) is 8.18. The SMILES string of the molecule is CC=CN1CC(NC(=O)c2c(Cl)nc(CNc3n[nH]c4cc(Cl)c(C(C)(C)C)cc34)n2[C@@H]2CCN(CC(F)F)[C@H]2C)C1. The summed E-state index contributed by atoms with van der Waals surface area (Å²) in [7, 11) is 0. The first-order chi connectivity index (χ1) is 19.9. The molecule has 3 N–H and O–H groups in total. The maximum Gasteiger partial charge on any atom is 0.271 e. The summed E-state index contributed by atoms with van der Waals surface area (Å²) in [4.78, 5) is 22.0. The topological polar surface area (TPSA) is 94.1 Å². The number of hydrogen-bond acceptors (Lipinski definition) is 6. The monoisotopic (exact) mass is 622 g/mol. The van der Waals surface area contributed by atoms with Crippen molar-refractivity contribution in [2.24, 2.45) is 0 Å². The highest BCUT2D eigenvalue weighted by atomic mass is 35.5. The summed E-state index contributed by atoms with van der Waals surface area (Å²) in [6.07, 6.45) is 2.08. The Balaban J connectivity index is 1.45. The minimum atomic E-state index is -2.44. The predicted octanol–water partition coefficient (Wildman–Crippen LogP) is 5.82. The molecule has 0 bridgehead atoms. The van der Waals surface area contributed by atoms with Crippen molar-refractivity contribution in [1.29, 1.82) is 0 Å². The maximum absolute atomic E-state index is 13.6. The van der Waals surface area contributed by atoms with Gasteiger partial charge in [0, 0.05) is 36.1 Å². The average Bonchev–Trinajstić information content (AvgIpc) is 3.54. The highest BCUT2D eigenvalue weighted by Crippen LogP contribution is 2.36. The van der Waals surface area contributed by atoms with Gasteiger partial charge in [0.25, 0.3) is 12.3 Å². The zero-order valence-corrected chi connectivity index (χ0v) is 26.0. The average molecular weight is 624 g/mol. The van der Waals surface area contributed by atoms with Crippen LogP contribution >= 0.6 is 23.2 Å². The van der Waals surface area contributed by atoms with Crippen LogP contribution in [-0.4, -0.2) is 80.1 Å². The fraction of sp³-hybridized carbons (Fsp3) is 0.552. The standard InChI is InChI=1S/C29H38Cl2F2N8O/c1-6-8-39-13-17(14-39)35-28(42)25-26(31)36-24(41(25)22-7-9-40(16(22)2)15-23(32)33)12-34-27-18-10-19(29(3,4)5)20(30)11-21(18)37-38-27/h6,8,10-11,16-17,22-23H,7,9,12-15H2,1-5H3,(H,35,42)(H2,34,37,38)/t16-,22+/m0/s1. The number of aromatic amines is 1. The Bertz CT molecular complexity index is 1470. The van der Waals surface area contributed by atoms with Gasteiger partial charge in [-0.2, -0.15) is 5.10 Å². The van der Waals surface area contributed by atoms with Crippen LogP contribution in [0.5, 0.6) is 0 Å². The highest BCUT2D eigenvalue weighted by molar-refractivity contribution is 6.32. The summed E-state index contributed by atoms with van der Waals surface area (Å²) in [6, 6.07) is 3.37. The molecule has 0 aliphatic carbocycles. The normalized spacial score (nSPS) is 20.3. The molecule has 3 aromatic rings. The molecule has 2 fully saturated rings. The lowest BCUT2D eigenvalue weighted by Crippen LogP contribution is -2.57. The molecule has 2 saturated heterocycles. The molecule has 42 heavy (non-hydrogen) atoms. The van der Waals surface area contributed by atoms with E-state index in [4.69, 9.17) is 23.2 Å². The molecule has 2 aromatic heterocycles. The molecule has 0 radical (unpaired) electrons. The number of alkyl halides is 2. The minimum Gasteiger partial charge on any atom is -0.373 e. The molecule has 5 rings (SSSR count). The van der Waals surface area contributed by atoms with E-state index in [9.17, 15) is 13.6 Å². The Kier molecular flexibility index (Phi) is 8.74. The number of nitrogens with one attached hydrogen (secondary N) is 3. The summed E-state index contributed by atoms with van der Waals surface area (Å²) in [5, 5.41) is 15.5. The maximum atomic E-state index is 13.6. The smallest absolute Gasteiger partial charge is 0.271 e. The zero-order chi connectivity index (χ0) is 30.3. The first-order valence-electron chi connectivity index (χ1n) is 14.3. The number of likely N-dealkylation sites (tertiary alicyclic amines) is 2. The van der Waals surface area contributed by atoms with Crippen LogP contribution in [0.3, 0.4) is 0 Å². The lowest BCUT2D eigenvalue weighted by molar-refractivity contribution is 0.0796. The highest BCUT2D eigenvalue weighted by Gasteiger charge is 2.38. The Hall–Kier alpha value is -2.89. The van der Waals surface area contributed by atoms with Crippen molar-refractivity contribution in [1.82, 2.24) is 34.9 Å². The Morgan fingerprint density at radius 1 is 1.26 bits per heavy atom. The number of carbonyl (C=O) groups is 1. The molecule has 2 aliphatic rings. The number of allylic oxidation sites excluding steroid dienone is 1. The molecule has 2 aliphatic heterocycles. The molecular weight excluding hydrogens is 585 g/mol. The van der Waals surface area contributed by atoms with Crippen LogP contribution in [0.25, 0.3) is 10.9 Å². The first kappa shape index (κ1) is 30.6. The third-order valence-corrected chi connectivity index (χ3v) is 8.76. The fourth-order valence-electron chi connectivity index (χ4n) is 6.00. The quantitative estimate of drug-likeness (QED) is 0.278. The Morgan fingerprint density at radius 2 is 2.00 bits per heavy atom. The number of aromatic nitrogens is 4. The number of halogens is 4. The lowest BCUT2D eigenvalue weighted by Gasteiger charge is -2.39. The number of fused-ring (bicyclic) bond motifs is 1. The van der Waals surface area contributed by atoms with E-state index in [1.165, 1.54) is 0 Å². The molecular formula is C29H38Cl2F2N8O. The van der Waals surface area contributed by atoms with Crippen LogP contribution < -0.4 is 10.6 Å². The van der Waals surface area contributed by atoms with E-state index in [1.807, 2.05) is 42.8 Å². The van der Waals surface area contributed by atoms with Gasteiger partial charge in [-0.25, -0.2) is 13.8 Å². The first-order valence-corrected chi connectivity index (χ1v) is 15.0. The number of imidazole rings is 1. The van der Waals surface area contributed by atoms with E-state index >= 15 is 0 Å². The van der Waals surface area contributed by atoms with Gasteiger partial charge in [-0.1, -0.05) is 50.0 Å². The molecule has 228 valence electrons. The molecule has 0 spiro atoms. The zero-order valence-electron chi connectivity index (χ0n) is 24.5. The molecule has 0 unspecified atom stereocenters. The van der Waals surface area contributed by atoms with Crippen LogP contribution in [0.2, 0.25) is 10.2 Å². The largest absolute Gasteiger partial charge is 0.373 e. The van der Waals surface area contributed by atoms with E-state index in [0.29, 0.717) is 42.7 Å². The van der Waals surface area contributed by atoms with Gasteiger partial charge in [0.15, 0.2) is 11.0 Å². The molecule has 1 amide bonds. The number of H-pyrrole nitrogens is 1. The second-order valence-electron chi connectivity index (χ2n) is 12.2. The van der Waals surface area contributed by atoms with Gasteiger partial charge < -0.3 is 20.1 Å². The van der Waals surface area contributed by atoms with E-state index in [1.54, 1.807) is 4.90 Å². The molecule has 1 aromatic carbocycles. The van der Waals surface area contributed by atoms with Gasteiger partial charge in [0.05, 0.1) is 30.7 Å². The number of carbonyl (C=O) groups excluding carboxylic acids is 1. The van der Waals surface area contributed by atoms with Gasteiger partial charge in [0.1, 0.15) is 11.5 Å². The molecule has 4 heterocycles. The third kappa shape index (κ3) is 6.09. The number of anilines is 1. The number of hydrogen-bond donors (Lipinski definition) is 3. The molecule has 13 heteroatoms. The van der Waals surface area contributed by atoms with Gasteiger partial charge in [0.2, 0.25) is 0 Å². The van der Waals surface area contributed by atoms with E-state index in [0.717, 1.165) is 16.5 Å². The van der Waals surface area contributed by atoms with E-state index in [-0.39, 0.29) is 53.4 Å². The minimum absolute atomic E-state index is 0.0229. The Labute approximate surface area is 254 Å². The Morgan fingerprint density at radius 3 is 2.67 bits per heavy atom. The van der Waals surface area contributed by atoms with Crippen molar-refractivity contribution >= 4 is 45.8 Å². The van der Waals surface area contributed by atoms with Gasteiger partial charge >= 0.3 is 0 Å². The summed E-state index contributed by atoms with van der Waals surface area (Å²) in [6.45, 7) is 11.9. The van der Waals surface area contributed by atoms with Gasteiger partial charge in [-0.3, -0.25) is 14.8 Å². The van der Waals surface area contributed by atoms with Crippen LogP contribution in [0.15, 0.2) is 24.4 Å². The fourth-order valence-corrected chi connectivity index (χ4v) is 6.72. The number of nitrogens with zero attached hydrogens (tertiary/aromatic N) is 5. The second kappa shape index (κ2) is 12.0. The summed E-state index contributed by atoms with van der Waals surface area (Å²) < 4.78 is 28.5. The van der Waals surface area contributed by atoms with Gasteiger partial charge in [-0.05, 0) is 49.6 Å². The van der Waals surface area contributed by atoms with Crippen LogP contribution in [0, 0.1) is 0 Å². The van der Waals surface area contributed by atoms with Crippen LogP contribution in [0.1, 0.15) is 69.0 Å². The molecule has 0 saturated carbocycles. The summed E-state index contributed by atoms with van der Waals surface area (Å²) in [5.41, 5.74) is 1.87. The van der Waals surface area contributed by atoms with Crippen LogP contribution in [-0.2, 0) is 12.0 Å². The van der Waals surface area contributed by atoms with E-state index < -0.39 is 6.43 Å². The lowest BCUT2D eigenvalue weighted by atomic mass is 9.86. The number of amides is 1. The van der Waals surface area contributed by atoms with Crippen molar-refractivity contribution in [3.05, 3.63) is 51.7 Å². The van der Waals surface area contributed by atoms with E-state index in [2.05, 4.69) is 51.5 Å². The van der Waals surface area contributed by atoms with Crippen molar-refractivity contribution in [2.45, 2.75) is 77.6 Å². The van der Waals surface area contributed by atoms with Crippen molar-refractivity contribution in [3.63, 3.8) is 0 Å². The van der Waals surface area contributed by atoms with Crippen molar-refractivity contribution in [3.8, 4) is 0 Å². The van der Waals surface area contributed by atoms with Crippen molar-refractivity contribution < 1.29 is 13.6 Å². The molecule has 2 atom stereocenters. The van der Waals surface area contributed by atoms with Crippen molar-refractivity contribution in [2.75, 3.05) is 31.5 Å². The van der Waals surface area contributed by atoms with Crippen LogP contribution in [0.4, 0.5) is 14.6 Å². The molecule has 9 nitrogen and oxygen atoms in total. The summed E-state index contributed by atoms with van der Waals surface area (Å²) in [5.74, 6) is 0.824. The predicted molar refractivity (Wildman–Crippen MR) is 163 cm³/mol. The number of rotatable bonds is 9. The number of benzene rings is 1. The second-order valence-corrected chi connectivity index (χ2v) is 12.9. The van der Waals surface area contributed by atoms with Gasteiger partial charge in [-0.15, -0.1) is 0 Å².